The average Bonchev–Trinajstić information content (AvgIpc) is 2.82. The SMILES string of the molecule is Cc1ccc(C(=O)c2n[nH]c3cccnc23)cc1. The van der Waals surface area contributed by atoms with Crippen molar-refractivity contribution in [3.05, 3.63) is 59.4 Å². The molecule has 4 nitrogen and oxygen atoms in total. The fraction of sp³-hybridized carbons (Fsp3) is 0.0714. The molecule has 4 heteroatoms. The van der Waals surface area contributed by atoms with Gasteiger partial charge in [-0.15, -0.1) is 0 Å². The van der Waals surface area contributed by atoms with Crippen LogP contribution < -0.4 is 0 Å². The Hall–Kier alpha value is -2.49. The van der Waals surface area contributed by atoms with E-state index in [0.717, 1.165) is 11.1 Å². The molecule has 1 N–H and O–H groups in total. The number of nitrogens with one attached hydrogen (secondary N) is 1. The van der Waals surface area contributed by atoms with Crippen LogP contribution in [-0.4, -0.2) is 21.0 Å². The van der Waals surface area contributed by atoms with Crippen LogP contribution in [0, 0.1) is 6.92 Å². The van der Waals surface area contributed by atoms with Gasteiger partial charge in [-0.2, -0.15) is 5.10 Å². The second kappa shape index (κ2) is 4.07. The Kier molecular flexibility index (Phi) is 2.41. The van der Waals surface area contributed by atoms with E-state index in [0.29, 0.717) is 16.8 Å². The van der Waals surface area contributed by atoms with Gasteiger partial charge in [0, 0.05) is 11.8 Å². The molecule has 3 rings (SSSR count). The van der Waals surface area contributed by atoms with Crippen molar-refractivity contribution < 1.29 is 4.79 Å². The third-order valence-corrected chi connectivity index (χ3v) is 2.85. The number of carbonyl (C=O) groups excluding carboxylic acids is 1. The first-order valence-corrected chi connectivity index (χ1v) is 5.66. The Labute approximate surface area is 104 Å². The van der Waals surface area contributed by atoms with E-state index in [1.807, 2.05) is 25.1 Å². The summed E-state index contributed by atoms with van der Waals surface area (Å²) in [5.41, 5.74) is 3.50. The van der Waals surface area contributed by atoms with Crippen molar-refractivity contribution >= 4 is 16.8 Å². The maximum Gasteiger partial charge on any atom is 0.215 e. The summed E-state index contributed by atoms with van der Waals surface area (Å²) >= 11 is 0. The van der Waals surface area contributed by atoms with Crippen molar-refractivity contribution in [3.63, 3.8) is 0 Å². The van der Waals surface area contributed by atoms with Crippen LogP contribution in [0.1, 0.15) is 21.6 Å². The number of ketones is 1. The lowest BCUT2D eigenvalue weighted by Gasteiger charge is -1.98. The maximum atomic E-state index is 12.3. The van der Waals surface area contributed by atoms with Crippen LogP contribution in [0.15, 0.2) is 42.6 Å². The Balaban J connectivity index is 2.09. The number of aryl methyl sites for hydroxylation is 1. The van der Waals surface area contributed by atoms with E-state index in [1.54, 1.807) is 24.4 Å². The highest BCUT2D eigenvalue weighted by Gasteiger charge is 2.16. The van der Waals surface area contributed by atoms with Crippen molar-refractivity contribution in [2.45, 2.75) is 6.92 Å². The number of hydrogen-bond donors (Lipinski definition) is 1. The smallest absolute Gasteiger partial charge is 0.215 e. The van der Waals surface area contributed by atoms with Gasteiger partial charge in [0.15, 0.2) is 5.69 Å². The first-order chi connectivity index (χ1) is 8.75. The van der Waals surface area contributed by atoms with E-state index < -0.39 is 0 Å². The van der Waals surface area contributed by atoms with Crippen molar-refractivity contribution in [1.29, 1.82) is 0 Å². The molecule has 0 unspecified atom stereocenters. The number of H-pyrrole nitrogens is 1. The molecule has 18 heavy (non-hydrogen) atoms. The number of rotatable bonds is 2. The standard InChI is InChI=1S/C14H11N3O/c1-9-4-6-10(7-5-9)14(18)13-12-11(16-17-13)3-2-8-15-12/h2-8H,1H3,(H,16,17). The number of fused-ring (bicyclic) bond motifs is 1. The van der Waals surface area contributed by atoms with E-state index in [-0.39, 0.29) is 5.78 Å². The van der Waals surface area contributed by atoms with Gasteiger partial charge in [-0.25, -0.2) is 0 Å². The van der Waals surface area contributed by atoms with E-state index in [4.69, 9.17) is 0 Å². The van der Waals surface area contributed by atoms with Crippen LogP contribution >= 0.6 is 0 Å². The van der Waals surface area contributed by atoms with Crippen LogP contribution in [0.25, 0.3) is 11.0 Å². The molecule has 0 aliphatic rings. The van der Waals surface area contributed by atoms with Crippen LogP contribution in [0.2, 0.25) is 0 Å². The molecule has 1 aromatic carbocycles. The van der Waals surface area contributed by atoms with Gasteiger partial charge < -0.3 is 0 Å². The van der Waals surface area contributed by atoms with Crippen LogP contribution in [0.4, 0.5) is 0 Å². The highest BCUT2D eigenvalue weighted by molar-refractivity contribution is 6.13. The summed E-state index contributed by atoms with van der Waals surface area (Å²) in [7, 11) is 0. The minimum Gasteiger partial charge on any atom is -0.287 e. The summed E-state index contributed by atoms with van der Waals surface area (Å²) < 4.78 is 0. The van der Waals surface area contributed by atoms with Crippen molar-refractivity contribution in [2.75, 3.05) is 0 Å². The third kappa shape index (κ3) is 1.68. The number of hydrogen-bond acceptors (Lipinski definition) is 3. The zero-order valence-electron chi connectivity index (χ0n) is 9.84. The lowest BCUT2D eigenvalue weighted by molar-refractivity contribution is 0.103. The van der Waals surface area contributed by atoms with Gasteiger partial charge in [-0.1, -0.05) is 29.8 Å². The Bertz CT molecular complexity index is 713. The predicted molar refractivity (Wildman–Crippen MR) is 68.5 cm³/mol. The molecular formula is C14H11N3O. The highest BCUT2D eigenvalue weighted by Crippen LogP contribution is 2.16. The Morgan fingerprint density at radius 3 is 2.72 bits per heavy atom. The van der Waals surface area contributed by atoms with E-state index in [2.05, 4.69) is 15.2 Å². The number of benzene rings is 1. The maximum absolute atomic E-state index is 12.3. The molecule has 0 bridgehead atoms. The molecular weight excluding hydrogens is 226 g/mol. The quantitative estimate of drug-likeness (QED) is 0.696. The van der Waals surface area contributed by atoms with Crippen molar-refractivity contribution in [3.8, 4) is 0 Å². The van der Waals surface area contributed by atoms with Gasteiger partial charge in [0.1, 0.15) is 5.52 Å². The van der Waals surface area contributed by atoms with Gasteiger partial charge in [-0.3, -0.25) is 14.9 Å². The summed E-state index contributed by atoms with van der Waals surface area (Å²) in [6, 6.07) is 11.1. The zero-order chi connectivity index (χ0) is 12.5. The van der Waals surface area contributed by atoms with E-state index in [9.17, 15) is 4.79 Å². The minimum absolute atomic E-state index is 0.111. The van der Waals surface area contributed by atoms with Crippen LogP contribution in [0.3, 0.4) is 0 Å². The van der Waals surface area contributed by atoms with Crippen molar-refractivity contribution in [2.24, 2.45) is 0 Å². The largest absolute Gasteiger partial charge is 0.287 e. The van der Waals surface area contributed by atoms with Crippen molar-refractivity contribution in [1.82, 2.24) is 15.2 Å². The number of pyridine rings is 1. The van der Waals surface area contributed by atoms with Gasteiger partial charge >= 0.3 is 0 Å². The molecule has 0 amide bonds. The fourth-order valence-corrected chi connectivity index (χ4v) is 1.85. The fourth-order valence-electron chi connectivity index (χ4n) is 1.85. The summed E-state index contributed by atoms with van der Waals surface area (Å²) in [4.78, 5) is 16.5. The molecule has 0 aliphatic heterocycles. The van der Waals surface area contributed by atoms with Gasteiger partial charge in [-0.05, 0) is 19.1 Å². The summed E-state index contributed by atoms with van der Waals surface area (Å²) in [5, 5.41) is 6.87. The molecule has 0 saturated carbocycles. The molecule has 0 spiro atoms. The van der Waals surface area contributed by atoms with Gasteiger partial charge in [0.05, 0.1) is 5.52 Å². The lowest BCUT2D eigenvalue weighted by atomic mass is 10.1. The molecule has 0 fully saturated rings. The monoisotopic (exact) mass is 237 g/mol. The molecule has 0 atom stereocenters. The molecule has 0 radical (unpaired) electrons. The zero-order valence-corrected chi connectivity index (χ0v) is 9.84. The summed E-state index contributed by atoms with van der Waals surface area (Å²) in [6.07, 6.45) is 1.66. The van der Waals surface area contributed by atoms with Crippen LogP contribution in [0.5, 0.6) is 0 Å². The molecule has 2 heterocycles. The van der Waals surface area contributed by atoms with E-state index >= 15 is 0 Å². The average molecular weight is 237 g/mol. The lowest BCUT2D eigenvalue weighted by Crippen LogP contribution is -2.02. The second-order valence-electron chi connectivity index (χ2n) is 4.17. The van der Waals surface area contributed by atoms with E-state index in [1.165, 1.54) is 0 Å². The Morgan fingerprint density at radius 2 is 1.94 bits per heavy atom. The number of nitrogens with zero attached hydrogens (tertiary/aromatic N) is 2. The van der Waals surface area contributed by atoms with Gasteiger partial charge in [0.25, 0.3) is 0 Å². The molecule has 88 valence electrons. The normalized spacial score (nSPS) is 10.7. The third-order valence-electron chi connectivity index (χ3n) is 2.85. The van der Waals surface area contributed by atoms with Gasteiger partial charge in [0.2, 0.25) is 5.78 Å². The first kappa shape index (κ1) is 10.7. The number of aromatic amines is 1. The summed E-state index contributed by atoms with van der Waals surface area (Å²) in [5.74, 6) is -0.111. The minimum atomic E-state index is -0.111. The number of aromatic nitrogens is 3. The second-order valence-corrected chi connectivity index (χ2v) is 4.17. The number of carbonyl (C=O) groups is 1. The molecule has 2 aromatic heterocycles. The molecule has 3 aromatic rings. The predicted octanol–water partition coefficient (Wildman–Crippen LogP) is 2.50. The summed E-state index contributed by atoms with van der Waals surface area (Å²) in [6.45, 7) is 1.99. The molecule has 0 saturated heterocycles. The first-order valence-electron chi connectivity index (χ1n) is 5.66. The van der Waals surface area contributed by atoms with Crippen LogP contribution in [-0.2, 0) is 0 Å². The highest BCUT2D eigenvalue weighted by atomic mass is 16.1. The molecule has 0 aliphatic carbocycles. The Morgan fingerprint density at radius 1 is 1.17 bits per heavy atom. The topological polar surface area (TPSA) is 58.6 Å².